The maximum atomic E-state index is 5.76. The topological polar surface area (TPSA) is 39.7 Å². The molecule has 0 radical (unpaired) electrons. The minimum atomic E-state index is 0.00505. The highest BCUT2D eigenvalue weighted by atomic mass is 79.9. The van der Waals surface area contributed by atoms with Crippen LogP contribution >= 0.6 is 15.9 Å². The first-order valence-corrected chi connectivity index (χ1v) is 8.03. The van der Waals surface area contributed by atoms with E-state index in [1.807, 2.05) is 20.2 Å². The third-order valence-corrected chi connectivity index (χ3v) is 5.26. The van der Waals surface area contributed by atoms with Gasteiger partial charge in [-0.05, 0) is 60.8 Å². The van der Waals surface area contributed by atoms with Gasteiger partial charge in [0.1, 0.15) is 16.0 Å². The maximum absolute atomic E-state index is 5.76. The minimum absolute atomic E-state index is 0.00505. The number of ether oxygens (including phenoxy) is 3. The van der Waals surface area contributed by atoms with Gasteiger partial charge in [0.05, 0.1) is 19.8 Å². The van der Waals surface area contributed by atoms with E-state index in [1.54, 1.807) is 14.2 Å². The van der Waals surface area contributed by atoms with Gasteiger partial charge in [-0.3, -0.25) is 0 Å². The van der Waals surface area contributed by atoms with Crippen LogP contribution in [0.15, 0.2) is 16.6 Å². The van der Waals surface area contributed by atoms with Gasteiger partial charge in [-0.2, -0.15) is 0 Å². The number of rotatable bonds is 7. The van der Waals surface area contributed by atoms with E-state index in [9.17, 15) is 0 Å². The van der Waals surface area contributed by atoms with Gasteiger partial charge in [-0.15, -0.1) is 0 Å². The Kier molecular flexibility index (Phi) is 5.52. The Hall–Kier alpha value is -0.780. The molecule has 1 saturated carbocycles. The number of hydrogen-bond donors (Lipinski definition) is 1. The van der Waals surface area contributed by atoms with E-state index in [2.05, 4.69) is 27.3 Å². The fourth-order valence-electron chi connectivity index (χ4n) is 2.99. The van der Waals surface area contributed by atoms with Crippen molar-refractivity contribution in [3.05, 3.63) is 22.2 Å². The molecule has 0 heterocycles. The van der Waals surface area contributed by atoms with E-state index >= 15 is 0 Å². The van der Waals surface area contributed by atoms with Crippen LogP contribution in [0.4, 0.5) is 0 Å². The molecular weight excluding hydrogens is 334 g/mol. The Morgan fingerprint density at radius 1 is 1.24 bits per heavy atom. The van der Waals surface area contributed by atoms with E-state index in [0.717, 1.165) is 40.8 Å². The molecule has 0 spiro atoms. The molecule has 0 aliphatic heterocycles. The van der Waals surface area contributed by atoms with Crippen LogP contribution in [0.5, 0.6) is 11.5 Å². The van der Waals surface area contributed by atoms with Crippen LogP contribution in [-0.2, 0) is 4.74 Å². The molecule has 4 nitrogen and oxygen atoms in total. The Morgan fingerprint density at radius 3 is 2.38 bits per heavy atom. The SMILES string of the molecule is CNC(CC1(OC)CCC1)c1ccc(OC)c(Br)c1OC. The molecule has 0 aromatic heterocycles. The Labute approximate surface area is 135 Å². The molecular formula is C16H24BrNO3. The third kappa shape index (κ3) is 3.20. The van der Waals surface area contributed by atoms with Crippen molar-refractivity contribution >= 4 is 15.9 Å². The van der Waals surface area contributed by atoms with Crippen molar-refractivity contribution in [2.45, 2.75) is 37.3 Å². The minimum Gasteiger partial charge on any atom is -0.495 e. The molecule has 1 atom stereocenters. The lowest BCUT2D eigenvalue weighted by Gasteiger charge is -2.43. The quantitative estimate of drug-likeness (QED) is 0.807. The summed E-state index contributed by atoms with van der Waals surface area (Å²) in [6, 6.07) is 4.21. The summed E-state index contributed by atoms with van der Waals surface area (Å²) < 4.78 is 17.5. The normalized spacial score (nSPS) is 18.0. The first-order valence-electron chi connectivity index (χ1n) is 7.23. The highest BCUT2D eigenvalue weighted by Crippen LogP contribution is 2.45. The molecule has 1 aliphatic rings. The first kappa shape index (κ1) is 16.6. The summed E-state index contributed by atoms with van der Waals surface area (Å²) in [6.07, 6.45) is 4.44. The smallest absolute Gasteiger partial charge is 0.141 e. The molecule has 0 amide bonds. The van der Waals surface area contributed by atoms with Crippen molar-refractivity contribution in [1.29, 1.82) is 0 Å². The predicted molar refractivity (Wildman–Crippen MR) is 87.3 cm³/mol. The van der Waals surface area contributed by atoms with Crippen molar-refractivity contribution in [3.8, 4) is 11.5 Å². The monoisotopic (exact) mass is 357 g/mol. The van der Waals surface area contributed by atoms with Crippen molar-refractivity contribution in [2.24, 2.45) is 0 Å². The maximum Gasteiger partial charge on any atom is 0.141 e. The predicted octanol–water partition coefficient (Wildman–Crippen LogP) is 3.69. The molecule has 1 fully saturated rings. The van der Waals surface area contributed by atoms with Gasteiger partial charge in [0.2, 0.25) is 0 Å². The molecule has 1 aromatic rings. The fraction of sp³-hybridized carbons (Fsp3) is 0.625. The zero-order valence-corrected chi connectivity index (χ0v) is 14.7. The van der Waals surface area contributed by atoms with Gasteiger partial charge in [0.25, 0.3) is 0 Å². The van der Waals surface area contributed by atoms with Crippen LogP contribution in [0.3, 0.4) is 0 Å². The van der Waals surface area contributed by atoms with Crippen LogP contribution in [0.1, 0.15) is 37.3 Å². The highest BCUT2D eigenvalue weighted by Gasteiger charge is 2.39. The molecule has 1 unspecified atom stereocenters. The fourth-order valence-corrected chi connectivity index (χ4v) is 3.68. The number of hydrogen-bond acceptors (Lipinski definition) is 4. The van der Waals surface area contributed by atoms with E-state index < -0.39 is 0 Å². The van der Waals surface area contributed by atoms with Crippen molar-refractivity contribution < 1.29 is 14.2 Å². The molecule has 21 heavy (non-hydrogen) atoms. The second-order valence-corrected chi connectivity index (χ2v) is 6.28. The molecule has 1 N–H and O–H groups in total. The number of halogens is 1. The first-order chi connectivity index (χ1) is 10.1. The van der Waals surface area contributed by atoms with E-state index in [1.165, 1.54) is 6.42 Å². The van der Waals surface area contributed by atoms with Crippen LogP contribution in [-0.4, -0.2) is 34.0 Å². The second-order valence-electron chi connectivity index (χ2n) is 5.49. The van der Waals surface area contributed by atoms with Crippen LogP contribution in [0.25, 0.3) is 0 Å². The van der Waals surface area contributed by atoms with Crippen molar-refractivity contribution in [3.63, 3.8) is 0 Å². The highest BCUT2D eigenvalue weighted by molar-refractivity contribution is 9.10. The van der Waals surface area contributed by atoms with Gasteiger partial charge < -0.3 is 19.5 Å². The molecule has 0 saturated heterocycles. The summed E-state index contributed by atoms with van der Waals surface area (Å²) in [4.78, 5) is 0. The number of nitrogens with one attached hydrogen (secondary N) is 1. The summed E-state index contributed by atoms with van der Waals surface area (Å²) in [7, 11) is 7.13. The van der Waals surface area contributed by atoms with Gasteiger partial charge >= 0.3 is 0 Å². The average molecular weight is 358 g/mol. The summed E-state index contributed by atoms with van der Waals surface area (Å²) in [6.45, 7) is 0. The largest absolute Gasteiger partial charge is 0.495 e. The van der Waals surface area contributed by atoms with Gasteiger partial charge in [-0.1, -0.05) is 0 Å². The molecule has 5 heteroatoms. The summed E-state index contributed by atoms with van der Waals surface area (Å²) in [5, 5.41) is 3.39. The Balaban J connectivity index is 2.31. The average Bonchev–Trinajstić information content (AvgIpc) is 2.47. The Morgan fingerprint density at radius 2 is 1.95 bits per heavy atom. The lowest BCUT2D eigenvalue weighted by Crippen LogP contribution is -2.42. The summed E-state index contributed by atoms with van der Waals surface area (Å²) in [5.74, 6) is 1.59. The molecule has 0 bridgehead atoms. The lowest BCUT2D eigenvalue weighted by molar-refractivity contribution is -0.0835. The second kappa shape index (κ2) is 6.99. The van der Waals surface area contributed by atoms with E-state index in [4.69, 9.17) is 14.2 Å². The third-order valence-electron chi connectivity index (χ3n) is 4.51. The van der Waals surface area contributed by atoms with Crippen molar-refractivity contribution in [1.82, 2.24) is 5.32 Å². The van der Waals surface area contributed by atoms with Crippen LogP contribution in [0, 0.1) is 0 Å². The van der Waals surface area contributed by atoms with Gasteiger partial charge in [-0.25, -0.2) is 0 Å². The lowest BCUT2D eigenvalue weighted by atomic mass is 9.74. The van der Waals surface area contributed by atoms with Crippen molar-refractivity contribution in [2.75, 3.05) is 28.4 Å². The zero-order chi connectivity index (χ0) is 15.5. The Bertz CT molecular complexity index is 483. The summed E-state index contributed by atoms with van der Waals surface area (Å²) >= 11 is 3.57. The number of methoxy groups -OCH3 is 3. The molecule has 2 rings (SSSR count). The number of benzene rings is 1. The van der Waals surface area contributed by atoms with E-state index in [0.29, 0.717) is 0 Å². The zero-order valence-electron chi connectivity index (χ0n) is 13.2. The van der Waals surface area contributed by atoms with E-state index in [-0.39, 0.29) is 11.6 Å². The van der Waals surface area contributed by atoms with Crippen LogP contribution in [0.2, 0.25) is 0 Å². The molecule has 118 valence electrons. The van der Waals surface area contributed by atoms with Crippen LogP contribution < -0.4 is 14.8 Å². The summed E-state index contributed by atoms with van der Waals surface area (Å²) in [5.41, 5.74) is 1.13. The standard InChI is InChI=1S/C16H24BrNO3/c1-18-12(10-16(21-4)8-5-9-16)11-6-7-13(19-2)14(17)15(11)20-3/h6-7,12,18H,5,8-10H2,1-4H3. The van der Waals surface area contributed by atoms with Gasteiger partial charge in [0, 0.05) is 18.7 Å². The van der Waals surface area contributed by atoms with Gasteiger partial charge in [0.15, 0.2) is 0 Å². The molecule has 1 aliphatic carbocycles. The molecule has 1 aromatic carbocycles.